The molecule has 3 rings (SSSR count). The molecule has 0 saturated carbocycles. The predicted molar refractivity (Wildman–Crippen MR) is 109 cm³/mol. The van der Waals surface area contributed by atoms with Crippen molar-refractivity contribution in [3.05, 3.63) is 54.0 Å². The smallest absolute Gasteiger partial charge is 0.338 e. The lowest BCUT2D eigenvalue weighted by atomic mass is 10.2. The lowest BCUT2D eigenvalue weighted by Gasteiger charge is -2.23. The normalized spacial score (nSPS) is 17.9. The van der Waals surface area contributed by atoms with Crippen LogP contribution in [0.4, 0.5) is 0 Å². The molecular weight excluding hydrogens is 448 g/mol. The molecule has 0 aliphatic carbocycles. The fourth-order valence-corrected chi connectivity index (χ4v) is 5.86. The van der Waals surface area contributed by atoms with E-state index >= 15 is 0 Å². The second kappa shape index (κ2) is 9.20. The van der Waals surface area contributed by atoms with Crippen LogP contribution in [0.5, 0.6) is 0 Å². The molecule has 1 atom stereocenters. The third-order valence-electron chi connectivity index (χ3n) is 4.87. The Morgan fingerprint density at radius 3 is 2.68 bits per heavy atom. The first-order chi connectivity index (χ1) is 14.6. The summed E-state index contributed by atoms with van der Waals surface area (Å²) in [6.07, 6.45) is 1.76. The fourth-order valence-electron chi connectivity index (χ4n) is 3.05. The molecule has 10 nitrogen and oxygen atoms in total. The van der Waals surface area contributed by atoms with Gasteiger partial charge in [-0.15, -0.1) is 0 Å². The molecule has 0 bridgehead atoms. The molecule has 1 fully saturated rings. The summed E-state index contributed by atoms with van der Waals surface area (Å²) in [5.41, 5.74) is -0.0419. The number of sulfonamides is 1. The number of carbonyl (C=O) groups excluding carboxylic acids is 2. The number of esters is 1. The molecule has 1 N–H and O–H groups in total. The van der Waals surface area contributed by atoms with Crippen LogP contribution in [-0.4, -0.2) is 64.8 Å². The molecule has 2 heterocycles. The van der Waals surface area contributed by atoms with Crippen LogP contribution in [0.2, 0.25) is 0 Å². The van der Waals surface area contributed by atoms with Crippen LogP contribution < -0.4 is 4.72 Å². The van der Waals surface area contributed by atoms with Crippen LogP contribution in [-0.2, 0) is 35.9 Å². The average Bonchev–Trinajstić information content (AvgIpc) is 3.39. The SMILES string of the molecule is CN(C(=O)COC(=O)c1cccc(S(=O)(=O)NCc2ccco2)c1)[C@@H]1CCS(=O)(=O)C1. The predicted octanol–water partition coefficient (Wildman–Crippen LogP) is 0.560. The summed E-state index contributed by atoms with van der Waals surface area (Å²) in [6.45, 7) is -0.638. The molecule has 12 heteroatoms. The third-order valence-corrected chi connectivity index (χ3v) is 8.02. The summed E-state index contributed by atoms with van der Waals surface area (Å²) in [5.74, 6) is -1.08. The number of ether oxygens (including phenoxy) is 1. The van der Waals surface area contributed by atoms with Gasteiger partial charge in [0.1, 0.15) is 5.76 Å². The minimum Gasteiger partial charge on any atom is -0.468 e. The number of amides is 1. The number of hydrogen-bond acceptors (Lipinski definition) is 8. The van der Waals surface area contributed by atoms with Crippen LogP contribution in [0.25, 0.3) is 0 Å². The van der Waals surface area contributed by atoms with Crippen LogP contribution >= 0.6 is 0 Å². The lowest BCUT2D eigenvalue weighted by Crippen LogP contribution is -2.40. The second-order valence-corrected chi connectivity index (χ2v) is 11.1. The Balaban J connectivity index is 1.59. The maximum absolute atomic E-state index is 12.4. The summed E-state index contributed by atoms with van der Waals surface area (Å²) in [5, 5.41) is 0. The Kier molecular flexibility index (Phi) is 6.82. The summed E-state index contributed by atoms with van der Waals surface area (Å²) >= 11 is 0. The third kappa shape index (κ3) is 5.93. The van der Waals surface area contributed by atoms with E-state index in [1.807, 2.05) is 0 Å². The summed E-state index contributed by atoms with van der Waals surface area (Å²) in [6, 6.07) is 8.01. The molecule has 31 heavy (non-hydrogen) atoms. The first kappa shape index (κ1) is 23.0. The number of sulfone groups is 1. The van der Waals surface area contributed by atoms with Gasteiger partial charge < -0.3 is 14.1 Å². The standard InChI is InChI=1S/C19H22N2O8S2/c1-21(15-7-9-30(24,25)13-15)18(22)12-29-19(23)14-4-2-6-17(10-14)31(26,27)20-11-16-5-3-8-28-16/h2-6,8,10,15,20H,7,9,11-13H2,1H3/t15-/m1/s1. The average molecular weight is 471 g/mol. The van der Waals surface area contributed by atoms with Gasteiger partial charge in [0, 0.05) is 13.1 Å². The molecular formula is C19H22N2O8S2. The van der Waals surface area contributed by atoms with Crippen molar-refractivity contribution in [2.24, 2.45) is 0 Å². The zero-order valence-corrected chi connectivity index (χ0v) is 18.3. The number of hydrogen-bond donors (Lipinski definition) is 1. The van der Waals surface area contributed by atoms with Crippen LogP contribution in [0.15, 0.2) is 52.0 Å². The van der Waals surface area contributed by atoms with E-state index in [1.54, 1.807) is 12.1 Å². The molecule has 1 aliphatic rings. The van der Waals surface area contributed by atoms with E-state index in [0.29, 0.717) is 12.2 Å². The molecule has 0 unspecified atom stereocenters. The van der Waals surface area contributed by atoms with Crippen molar-refractivity contribution < 1.29 is 35.6 Å². The Bertz CT molecular complexity index is 1160. The monoisotopic (exact) mass is 470 g/mol. The Labute approximate surface area is 180 Å². The summed E-state index contributed by atoms with van der Waals surface area (Å²) < 4.78 is 60.5. The molecule has 2 aromatic rings. The highest BCUT2D eigenvalue weighted by atomic mass is 32.2. The van der Waals surface area contributed by atoms with Gasteiger partial charge in [-0.2, -0.15) is 0 Å². The Hall–Kier alpha value is -2.70. The Morgan fingerprint density at radius 2 is 2.03 bits per heavy atom. The molecule has 0 radical (unpaired) electrons. The second-order valence-electron chi connectivity index (χ2n) is 7.07. The lowest BCUT2D eigenvalue weighted by molar-refractivity contribution is -0.134. The van der Waals surface area contributed by atoms with Crippen molar-refractivity contribution in [3.63, 3.8) is 0 Å². The van der Waals surface area contributed by atoms with Gasteiger partial charge in [0.25, 0.3) is 5.91 Å². The first-order valence-corrected chi connectivity index (χ1v) is 12.6. The van der Waals surface area contributed by atoms with Gasteiger partial charge >= 0.3 is 5.97 Å². The number of furan rings is 1. The van der Waals surface area contributed by atoms with Crippen molar-refractivity contribution >= 4 is 31.7 Å². The largest absolute Gasteiger partial charge is 0.468 e. The van der Waals surface area contributed by atoms with E-state index in [9.17, 15) is 26.4 Å². The van der Waals surface area contributed by atoms with Crippen molar-refractivity contribution in [2.45, 2.75) is 23.9 Å². The van der Waals surface area contributed by atoms with Gasteiger partial charge in [-0.25, -0.2) is 26.4 Å². The van der Waals surface area contributed by atoms with Gasteiger partial charge in [0.05, 0.1) is 34.8 Å². The van der Waals surface area contributed by atoms with E-state index in [2.05, 4.69) is 4.72 Å². The molecule has 1 amide bonds. The molecule has 1 aromatic carbocycles. The minimum atomic E-state index is -3.91. The number of rotatable bonds is 8. The highest BCUT2D eigenvalue weighted by molar-refractivity contribution is 7.91. The zero-order chi connectivity index (χ0) is 22.6. The van der Waals surface area contributed by atoms with Crippen molar-refractivity contribution in [1.29, 1.82) is 0 Å². The number of nitrogens with one attached hydrogen (secondary N) is 1. The number of carbonyl (C=O) groups is 2. The van der Waals surface area contributed by atoms with Crippen LogP contribution in [0, 0.1) is 0 Å². The van der Waals surface area contributed by atoms with E-state index in [-0.39, 0.29) is 28.5 Å². The molecule has 0 spiro atoms. The van der Waals surface area contributed by atoms with E-state index in [1.165, 1.54) is 36.4 Å². The first-order valence-electron chi connectivity index (χ1n) is 9.33. The topological polar surface area (TPSA) is 140 Å². The van der Waals surface area contributed by atoms with Crippen LogP contribution in [0.1, 0.15) is 22.5 Å². The minimum absolute atomic E-state index is 0.0182. The summed E-state index contributed by atoms with van der Waals surface area (Å²) in [7, 11) is -5.61. The highest BCUT2D eigenvalue weighted by Gasteiger charge is 2.33. The molecule has 1 aliphatic heterocycles. The van der Waals surface area contributed by atoms with E-state index in [0.717, 1.165) is 6.07 Å². The van der Waals surface area contributed by atoms with Crippen LogP contribution in [0.3, 0.4) is 0 Å². The van der Waals surface area contributed by atoms with Gasteiger partial charge in [0.2, 0.25) is 10.0 Å². The van der Waals surface area contributed by atoms with E-state index < -0.39 is 44.4 Å². The quantitative estimate of drug-likeness (QED) is 0.552. The Morgan fingerprint density at radius 1 is 1.26 bits per heavy atom. The summed E-state index contributed by atoms with van der Waals surface area (Å²) in [4.78, 5) is 25.7. The molecule has 168 valence electrons. The maximum atomic E-state index is 12.4. The maximum Gasteiger partial charge on any atom is 0.338 e. The van der Waals surface area contributed by atoms with Gasteiger partial charge in [-0.05, 0) is 36.8 Å². The van der Waals surface area contributed by atoms with Crippen molar-refractivity contribution in [1.82, 2.24) is 9.62 Å². The van der Waals surface area contributed by atoms with Gasteiger partial charge in [-0.1, -0.05) is 6.07 Å². The number of benzene rings is 1. The number of nitrogens with zero attached hydrogens (tertiary/aromatic N) is 1. The molecule has 1 aromatic heterocycles. The van der Waals surface area contributed by atoms with Crippen molar-refractivity contribution in [3.8, 4) is 0 Å². The number of likely N-dealkylation sites (N-methyl/N-ethyl adjacent to an activating group) is 1. The van der Waals surface area contributed by atoms with Gasteiger partial charge in [-0.3, -0.25) is 4.79 Å². The van der Waals surface area contributed by atoms with Gasteiger partial charge in [0.15, 0.2) is 16.4 Å². The zero-order valence-electron chi connectivity index (χ0n) is 16.7. The molecule has 1 saturated heterocycles. The fraction of sp³-hybridized carbons (Fsp3) is 0.368. The van der Waals surface area contributed by atoms with E-state index in [4.69, 9.17) is 9.15 Å². The van der Waals surface area contributed by atoms with Crippen molar-refractivity contribution in [2.75, 3.05) is 25.2 Å². The highest BCUT2D eigenvalue weighted by Crippen LogP contribution is 2.17.